The Kier molecular flexibility index (Phi) is 3.45. The highest BCUT2D eigenvalue weighted by Gasteiger charge is 2.51. The number of hydrogen-bond donors (Lipinski definition) is 2. The molecule has 0 unspecified atom stereocenters. The van der Waals surface area contributed by atoms with Crippen LogP contribution in [0, 0.1) is 6.92 Å². The van der Waals surface area contributed by atoms with Crippen molar-refractivity contribution in [1.29, 1.82) is 0 Å². The Labute approximate surface area is 129 Å². The van der Waals surface area contributed by atoms with E-state index in [2.05, 4.69) is 5.32 Å². The summed E-state index contributed by atoms with van der Waals surface area (Å²) < 4.78 is 0. The molecule has 1 aliphatic rings. The highest BCUT2D eigenvalue weighted by atomic mass is 16.2. The molecule has 4 nitrogen and oxygen atoms in total. The van der Waals surface area contributed by atoms with Crippen molar-refractivity contribution < 1.29 is 9.59 Å². The molecule has 1 saturated carbocycles. The number of nitrogens with two attached hydrogens (primary N) is 1. The molecule has 2 aromatic rings. The SMILES string of the molecule is Cc1c(NC(=O)C2(c3ccccc3)CC2)cccc1C(N)=O. The van der Waals surface area contributed by atoms with E-state index in [0.29, 0.717) is 16.8 Å². The minimum Gasteiger partial charge on any atom is -0.366 e. The van der Waals surface area contributed by atoms with Gasteiger partial charge in [0.2, 0.25) is 11.8 Å². The van der Waals surface area contributed by atoms with Gasteiger partial charge < -0.3 is 11.1 Å². The highest BCUT2D eigenvalue weighted by Crippen LogP contribution is 2.49. The van der Waals surface area contributed by atoms with Crippen molar-refractivity contribution in [3.05, 3.63) is 65.2 Å². The highest BCUT2D eigenvalue weighted by molar-refractivity contribution is 6.03. The lowest BCUT2D eigenvalue weighted by Crippen LogP contribution is -2.28. The Morgan fingerprint density at radius 1 is 1.05 bits per heavy atom. The zero-order valence-corrected chi connectivity index (χ0v) is 12.4. The predicted octanol–water partition coefficient (Wildman–Crippen LogP) is 2.76. The standard InChI is InChI=1S/C18H18N2O2/c1-12-14(16(19)21)8-5-9-15(12)20-17(22)18(10-11-18)13-6-3-2-4-7-13/h2-9H,10-11H2,1H3,(H2,19,21)(H,20,22). The van der Waals surface area contributed by atoms with E-state index in [4.69, 9.17) is 5.73 Å². The van der Waals surface area contributed by atoms with Gasteiger partial charge in [-0.3, -0.25) is 9.59 Å². The molecule has 0 heterocycles. The second-order valence-electron chi connectivity index (χ2n) is 5.74. The fourth-order valence-electron chi connectivity index (χ4n) is 2.81. The summed E-state index contributed by atoms with van der Waals surface area (Å²) in [5.74, 6) is -0.513. The molecule has 0 spiro atoms. The summed E-state index contributed by atoms with van der Waals surface area (Å²) in [5.41, 5.74) is 7.73. The van der Waals surface area contributed by atoms with E-state index in [1.165, 1.54) is 0 Å². The van der Waals surface area contributed by atoms with Gasteiger partial charge in [-0.2, -0.15) is 0 Å². The van der Waals surface area contributed by atoms with Crippen LogP contribution in [0.1, 0.15) is 34.3 Å². The van der Waals surface area contributed by atoms with Gasteiger partial charge >= 0.3 is 0 Å². The zero-order valence-electron chi connectivity index (χ0n) is 12.4. The fraction of sp³-hybridized carbons (Fsp3) is 0.222. The summed E-state index contributed by atoms with van der Waals surface area (Å²) >= 11 is 0. The molecular formula is C18H18N2O2. The summed E-state index contributed by atoms with van der Waals surface area (Å²) in [6.45, 7) is 1.79. The Bertz CT molecular complexity index is 734. The maximum Gasteiger partial charge on any atom is 0.249 e. The van der Waals surface area contributed by atoms with Crippen molar-refractivity contribution in [2.45, 2.75) is 25.2 Å². The van der Waals surface area contributed by atoms with E-state index in [-0.39, 0.29) is 5.91 Å². The van der Waals surface area contributed by atoms with Gasteiger partial charge in [0.25, 0.3) is 0 Å². The van der Waals surface area contributed by atoms with Crippen LogP contribution in [0.4, 0.5) is 5.69 Å². The molecule has 0 aliphatic heterocycles. The molecule has 1 fully saturated rings. The maximum absolute atomic E-state index is 12.7. The minimum absolute atomic E-state index is 0.0246. The molecule has 0 aromatic heterocycles. The molecule has 2 aromatic carbocycles. The Morgan fingerprint density at radius 3 is 2.32 bits per heavy atom. The van der Waals surface area contributed by atoms with Crippen LogP contribution in [0.2, 0.25) is 0 Å². The molecule has 3 rings (SSSR count). The number of anilines is 1. The van der Waals surface area contributed by atoms with E-state index < -0.39 is 11.3 Å². The summed E-state index contributed by atoms with van der Waals surface area (Å²) in [6, 6.07) is 15.0. The van der Waals surface area contributed by atoms with E-state index in [0.717, 1.165) is 18.4 Å². The van der Waals surface area contributed by atoms with E-state index >= 15 is 0 Å². The van der Waals surface area contributed by atoms with Crippen molar-refractivity contribution >= 4 is 17.5 Å². The number of nitrogens with one attached hydrogen (secondary N) is 1. The molecule has 22 heavy (non-hydrogen) atoms. The van der Waals surface area contributed by atoms with Gasteiger partial charge in [-0.1, -0.05) is 36.4 Å². The van der Waals surface area contributed by atoms with Crippen LogP contribution >= 0.6 is 0 Å². The van der Waals surface area contributed by atoms with Crippen LogP contribution < -0.4 is 11.1 Å². The Morgan fingerprint density at radius 2 is 1.73 bits per heavy atom. The quantitative estimate of drug-likeness (QED) is 0.910. The number of hydrogen-bond acceptors (Lipinski definition) is 2. The van der Waals surface area contributed by atoms with E-state index in [1.807, 2.05) is 30.3 Å². The molecule has 0 bridgehead atoms. The topological polar surface area (TPSA) is 72.2 Å². The number of primary amides is 1. The molecule has 0 radical (unpaired) electrons. The van der Waals surface area contributed by atoms with Crippen molar-refractivity contribution in [2.24, 2.45) is 5.73 Å². The van der Waals surface area contributed by atoms with Crippen molar-refractivity contribution in [1.82, 2.24) is 0 Å². The van der Waals surface area contributed by atoms with Crippen molar-refractivity contribution in [3.63, 3.8) is 0 Å². The van der Waals surface area contributed by atoms with Crippen molar-refractivity contribution in [2.75, 3.05) is 5.32 Å². The van der Waals surface area contributed by atoms with Crippen LogP contribution in [0.25, 0.3) is 0 Å². The number of carbonyl (C=O) groups is 2. The minimum atomic E-state index is -0.488. The second kappa shape index (κ2) is 5.30. The first-order valence-corrected chi connectivity index (χ1v) is 7.31. The Balaban J connectivity index is 1.87. The van der Waals surface area contributed by atoms with Gasteiger partial charge in [0.1, 0.15) is 0 Å². The second-order valence-corrected chi connectivity index (χ2v) is 5.74. The zero-order chi connectivity index (χ0) is 15.7. The lowest BCUT2D eigenvalue weighted by molar-refractivity contribution is -0.118. The molecule has 0 saturated heterocycles. The molecule has 0 atom stereocenters. The summed E-state index contributed by atoms with van der Waals surface area (Å²) in [5, 5.41) is 2.96. The summed E-state index contributed by atoms with van der Waals surface area (Å²) in [6.07, 6.45) is 1.69. The smallest absolute Gasteiger partial charge is 0.249 e. The first-order valence-electron chi connectivity index (χ1n) is 7.31. The van der Waals surface area contributed by atoms with Crippen LogP contribution in [0.15, 0.2) is 48.5 Å². The van der Waals surface area contributed by atoms with Gasteiger partial charge in [-0.15, -0.1) is 0 Å². The maximum atomic E-state index is 12.7. The average Bonchev–Trinajstić information content (AvgIpc) is 3.32. The normalized spacial score (nSPS) is 15.1. The molecule has 4 heteroatoms. The van der Waals surface area contributed by atoms with Gasteiger partial charge in [-0.25, -0.2) is 0 Å². The lowest BCUT2D eigenvalue weighted by Gasteiger charge is -2.17. The van der Waals surface area contributed by atoms with Crippen LogP contribution in [-0.4, -0.2) is 11.8 Å². The molecule has 2 amide bonds. The monoisotopic (exact) mass is 294 g/mol. The van der Waals surface area contributed by atoms with E-state index in [1.54, 1.807) is 25.1 Å². The largest absolute Gasteiger partial charge is 0.366 e. The first kappa shape index (κ1) is 14.3. The Hall–Kier alpha value is -2.62. The first-order chi connectivity index (χ1) is 10.5. The number of carbonyl (C=O) groups excluding carboxylic acids is 2. The third-order valence-electron chi connectivity index (χ3n) is 4.36. The molecule has 3 N–H and O–H groups in total. The van der Waals surface area contributed by atoms with Crippen LogP contribution in [-0.2, 0) is 10.2 Å². The van der Waals surface area contributed by atoms with Gasteiger partial charge in [0.15, 0.2) is 0 Å². The average molecular weight is 294 g/mol. The van der Waals surface area contributed by atoms with E-state index in [9.17, 15) is 9.59 Å². The van der Waals surface area contributed by atoms with Gasteiger partial charge in [0.05, 0.1) is 5.41 Å². The van der Waals surface area contributed by atoms with Crippen LogP contribution in [0.3, 0.4) is 0 Å². The molecule has 112 valence electrons. The van der Waals surface area contributed by atoms with Crippen molar-refractivity contribution in [3.8, 4) is 0 Å². The third-order valence-corrected chi connectivity index (χ3v) is 4.36. The van der Waals surface area contributed by atoms with Crippen LogP contribution in [0.5, 0.6) is 0 Å². The molecule has 1 aliphatic carbocycles. The molecular weight excluding hydrogens is 276 g/mol. The number of amides is 2. The fourth-order valence-corrected chi connectivity index (χ4v) is 2.81. The summed E-state index contributed by atoms with van der Waals surface area (Å²) in [7, 11) is 0. The summed E-state index contributed by atoms with van der Waals surface area (Å²) in [4.78, 5) is 24.1. The number of benzene rings is 2. The lowest BCUT2D eigenvalue weighted by atomic mass is 9.94. The van der Waals surface area contributed by atoms with Gasteiger partial charge in [0, 0.05) is 11.3 Å². The third kappa shape index (κ3) is 2.37. The predicted molar refractivity (Wildman–Crippen MR) is 85.7 cm³/mol. The number of rotatable bonds is 4. The van der Waals surface area contributed by atoms with Gasteiger partial charge in [-0.05, 0) is 43.0 Å².